The van der Waals surface area contributed by atoms with Crippen molar-refractivity contribution in [2.75, 3.05) is 0 Å². The first-order valence-electron chi connectivity index (χ1n) is 10.4. The molecule has 0 unspecified atom stereocenters. The minimum atomic E-state index is 0.147. The lowest BCUT2D eigenvalue weighted by Gasteiger charge is -2.33. The third kappa shape index (κ3) is 5.60. The van der Waals surface area contributed by atoms with Crippen LogP contribution < -0.4 is 4.74 Å². The van der Waals surface area contributed by atoms with E-state index < -0.39 is 0 Å². The van der Waals surface area contributed by atoms with Crippen molar-refractivity contribution in [3.63, 3.8) is 0 Å². The summed E-state index contributed by atoms with van der Waals surface area (Å²) in [4.78, 5) is 4.41. The largest absolute Gasteiger partial charge is 0.484 e. The highest BCUT2D eigenvalue weighted by molar-refractivity contribution is 5.31. The zero-order valence-electron chi connectivity index (χ0n) is 17.7. The average molecular weight is 370 g/mol. The molecule has 0 spiro atoms. The maximum atomic E-state index is 5.94. The Morgan fingerprint density at radius 2 is 1.67 bits per heavy atom. The van der Waals surface area contributed by atoms with Gasteiger partial charge in [-0.15, -0.1) is 0 Å². The summed E-state index contributed by atoms with van der Waals surface area (Å²) in [5, 5.41) is 0. The van der Waals surface area contributed by atoms with E-state index in [-0.39, 0.29) is 5.41 Å². The van der Waals surface area contributed by atoms with Gasteiger partial charge in [-0.3, -0.25) is 0 Å². The van der Waals surface area contributed by atoms with Crippen molar-refractivity contribution in [3.05, 3.63) is 47.7 Å². The summed E-state index contributed by atoms with van der Waals surface area (Å²) in [5.41, 5.74) is 1.80. The van der Waals surface area contributed by atoms with Gasteiger partial charge in [-0.25, -0.2) is 4.98 Å². The van der Waals surface area contributed by atoms with Crippen LogP contribution in [0.1, 0.15) is 96.3 Å². The highest BCUT2D eigenvalue weighted by Crippen LogP contribution is 2.37. The van der Waals surface area contributed by atoms with E-state index in [0.717, 1.165) is 17.9 Å². The molecule has 27 heavy (non-hydrogen) atoms. The predicted octanol–water partition coefficient (Wildman–Crippen LogP) is 7.02. The van der Waals surface area contributed by atoms with E-state index in [9.17, 15) is 0 Å². The van der Waals surface area contributed by atoms with Crippen LogP contribution in [0.4, 0.5) is 0 Å². The summed E-state index contributed by atoms with van der Waals surface area (Å²) in [6, 6.07) is 8.49. The van der Waals surface area contributed by atoms with Crippen LogP contribution in [0.2, 0.25) is 0 Å². The molecule has 0 atom stereocenters. The number of nitrogens with zero attached hydrogens (tertiary/aromatic N) is 1. The molecule has 0 amide bonds. The SMILES string of the molecule is CC(C)(C)CC(C)(C)c1ccc(OCc2ncc(C3CCCCC3)o2)cc1. The smallest absolute Gasteiger partial charge is 0.232 e. The molecule has 148 valence electrons. The third-order valence-electron chi connectivity index (χ3n) is 5.55. The lowest BCUT2D eigenvalue weighted by Crippen LogP contribution is -2.24. The fourth-order valence-corrected chi connectivity index (χ4v) is 4.54. The van der Waals surface area contributed by atoms with Gasteiger partial charge in [-0.1, -0.05) is 66.0 Å². The summed E-state index contributed by atoms with van der Waals surface area (Å²) in [6.45, 7) is 11.9. The minimum Gasteiger partial charge on any atom is -0.484 e. The molecular weight excluding hydrogens is 334 g/mol. The number of hydrogen-bond acceptors (Lipinski definition) is 3. The van der Waals surface area contributed by atoms with Gasteiger partial charge in [0.25, 0.3) is 0 Å². The third-order valence-corrected chi connectivity index (χ3v) is 5.55. The van der Waals surface area contributed by atoms with Crippen molar-refractivity contribution in [2.24, 2.45) is 5.41 Å². The lowest BCUT2D eigenvalue weighted by atomic mass is 9.72. The van der Waals surface area contributed by atoms with Gasteiger partial charge in [-0.2, -0.15) is 0 Å². The van der Waals surface area contributed by atoms with Gasteiger partial charge < -0.3 is 9.15 Å². The molecule has 0 N–H and O–H groups in total. The monoisotopic (exact) mass is 369 g/mol. The Balaban J connectivity index is 1.57. The maximum Gasteiger partial charge on any atom is 0.232 e. The van der Waals surface area contributed by atoms with E-state index in [4.69, 9.17) is 9.15 Å². The van der Waals surface area contributed by atoms with Crippen LogP contribution in [-0.2, 0) is 12.0 Å². The van der Waals surface area contributed by atoms with E-state index in [0.29, 0.717) is 23.8 Å². The Hall–Kier alpha value is -1.77. The molecule has 1 aromatic heterocycles. The minimum absolute atomic E-state index is 0.147. The highest BCUT2D eigenvalue weighted by atomic mass is 16.5. The number of aromatic nitrogens is 1. The molecule has 3 nitrogen and oxygen atoms in total. The lowest BCUT2D eigenvalue weighted by molar-refractivity contribution is 0.252. The van der Waals surface area contributed by atoms with Crippen LogP contribution in [0.5, 0.6) is 5.75 Å². The number of oxazole rings is 1. The summed E-state index contributed by atoms with van der Waals surface area (Å²) in [7, 11) is 0. The first-order valence-corrected chi connectivity index (χ1v) is 10.4. The number of ether oxygens (including phenoxy) is 1. The van der Waals surface area contributed by atoms with Crippen LogP contribution in [0.25, 0.3) is 0 Å². The van der Waals surface area contributed by atoms with Crippen LogP contribution in [-0.4, -0.2) is 4.98 Å². The van der Waals surface area contributed by atoms with E-state index in [1.807, 2.05) is 6.20 Å². The van der Waals surface area contributed by atoms with Crippen molar-refractivity contribution < 1.29 is 9.15 Å². The second-order valence-corrected chi connectivity index (χ2v) is 9.93. The Morgan fingerprint density at radius 3 is 2.30 bits per heavy atom. The summed E-state index contributed by atoms with van der Waals surface area (Å²) < 4.78 is 11.8. The molecule has 0 saturated heterocycles. The summed E-state index contributed by atoms with van der Waals surface area (Å²) in [6.07, 6.45) is 9.43. The van der Waals surface area contributed by atoms with Gasteiger partial charge in [0.1, 0.15) is 11.5 Å². The molecule has 0 bridgehead atoms. The summed E-state index contributed by atoms with van der Waals surface area (Å²) in [5.74, 6) is 3.12. The molecule has 1 aliphatic carbocycles. The van der Waals surface area contributed by atoms with Crippen molar-refractivity contribution in [1.29, 1.82) is 0 Å². The molecule has 3 heteroatoms. The van der Waals surface area contributed by atoms with E-state index in [1.54, 1.807) is 0 Å². The van der Waals surface area contributed by atoms with Gasteiger partial charge in [0.05, 0.1) is 6.20 Å². The van der Waals surface area contributed by atoms with Crippen molar-refractivity contribution in [2.45, 2.75) is 91.1 Å². The average Bonchev–Trinajstić information content (AvgIpc) is 3.08. The van der Waals surface area contributed by atoms with Crippen molar-refractivity contribution >= 4 is 0 Å². The van der Waals surface area contributed by atoms with Gasteiger partial charge >= 0.3 is 0 Å². The van der Waals surface area contributed by atoms with Crippen molar-refractivity contribution in [3.8, 4) is 5.75 Å². The zero-order valence-corrected chi connectivity index (χ0v) is 17.7. The molecule has 0 radical (unpaired) electrons. The predicted molar refractivity (Wildman–Crippen MR) is 110 cm³/mol. The molecule has 1 aromatic carbocycles. The zero-order chi connectivity index (χ0) is 19.5. The second-order valence-electron chi connectivity index (χ2n) is 9.93. The number of rotatable bonds is 6. The van der Waals surface area contributed by atoms with Crippen LogP contribution in [0, 0.1) is 5.41 Å². The molecule has 1 aliphatic rings. The Morgan fingerprint density at radius 1 is 1.00 bits per heavy atom. The standard InChI is InChI=1S/C24H35NO2/c1-23(2,3)17-24(4,5)19-11-13-20(14-12-19)26-16-22-25-15-21(27-22)18-9-7-6-8-10-18/h11-15,18H,6-10,16-17H2,1-5H3. The molecule has 1 saturated carbocycles. The fourth-order valence-electron chi connectivity index (χ4n) is 4.54. The number of hydrogen-bond donors (Lipinski definition) is 0. The number of benzene rings is 1. The first kappa shape index (κ1) is 20.0. The first-order chi connectivity index (χ1) is 12.7. The quantitative estimate of drug-likeness (QED) is 0.549. The van der Waals surface area contributed by atoms with E-state index in [2.05, 4.69) is 63.9 Å². The molecular formula is C24H35NO2. The van der Waals surface area contributed by atoms with Crippen molar-refractivity contribution in [1.82, 2.24) is 4.98 Å². The summed E-state index contributed by atoms with van der Waals surface area (Å²) >= 11 is 0. The molecule has 1 fully saturated rings. The van der Waals surface area contributed by atoms with Crippen LogP contribution >= 0.6 is 0 Å². The normalized spacial score (nSPS) is 16.5. The topological polar surface area (TPSA) is 35.3 Å². The Labute approximate surface area is 164 Å². The Kier molecular flexibility index (Phi) is 5.98. The van der Waals surface area contributed by atoms with Gasteiger partial charge in [0, 0.05) is 5.92 Å². The van der Waals surface area contributed by atoms with Crippen LogP contribution in [0.3, 0.4) is 0 Å². The fraction of sp³-hybridized carbons (Fsp3) is 0.625. The molecule has 0 aliphatic heterocycles. The second kappa shape index (κ2) is 8.08. The van der Waals surface area contributed by atoms with Gasteiger partial charge in [0.15, 0.2) is 6.61 Å². The maximum absolute atomic E-state index is 5.94. The Bertz CT molecular complexity index is 716. The molecule has 3 rings (SSSR count). The van der Waals surface area contributed by atoms with Gasteiger partial charge in [-0.05, 0) is 47.8 Å². The highest BCUT2D eigenvalue weighted by Gasteiger charge is 2.27. The molecule has 1 heterocycles. The van der Waals surface area contributed by atoms with E-state index in [1.165, 1.54) is 37.7 Å². The molecule has 2 aromatic rings. The van der Waals surface area contributed by atoms with Crippen LogP contribution in [0.15, 0.2) is 34.9 Å². The van der Waals surface area contributed by atoms with E-state index >= 15 is 0 Å². The van der Waals surface area contributed by atoms with Gasteiger partial charge in [0.2, 0.25) is 5.89 Å².